The molecule has 0 atom stereocenters. The summed E-state index contributed by atoms with van der Waals surface area (Å²) in [6, 6.07) is 5.91. The van der Waals surface area contributed by atoms with Crippen LogP contribution in [0.15, 0.2) is 35.4 Å². The molecule has 0 radical (unpaired) electrons. The van der Waals surface area contributed by atoms with Crippen molar-refractivity contribution in [2.45, 2.75) is 11.8 Å². The van der Waals surface area contributed by atoms with E-state index in [0.717, 1.165) is 0 Å². The van der Waals surface area contributed by atoms with E-state index < -0.39 is 10.0 Å². The minimum atomic E-state index is -3.85. The molecule has 0 amide bonds. The van der Waals surface area contributed by atoms with E-state index in [9.17, 15) is 8.42 Å². The maximum absolute atomic E-state index is 12.4. The number of halogens is 2. The van der Waals surface area contributed by atoms with Crippen LogP contribution in [0.5, 0.6) is 0 Å². The number of nitrogens with two attached hydrogens (primary N) is 1. The lowest BCUT2D eigenvalue weighted by Crippen LogP contribution is -2.15. The van der Waals surface area contributed by atoms with Gasteiger partial charge in [-0.2, -0.15) is 0 Å². The van der Waals surface area contributed by atoms with Crippen LogP contribution in [0.2, 0.25) is 10.2 Å². The Balaban J connectivity index is 2.49. The molecule has 2 aromatic rings. The fourth-order valence-corrected chi connectivity index (χ4v) is 3.50. The average Bonchev–Trinajstić information content (AvgIpc) is 2.36. The summed E-state index contributed by atoms with van der Waals surface area (Å²) in [5.41, 5.74) is 6.63. The number of hydrogen-bond donors (Lipinski definition) is 2. The molecule has 0 bridgehead atoms. The number of hydrogen-bond acceptors (Lipinski definition) is 4. The smallest absolute Gasteiger partial charge is 0.262 e. The Bertz CT molecular complexity index is 763. The first kappa shape index (κ1) is 14.9. The van der Waals surface area contributed by atoms with E-state index in [4.69, 9.17) is 28.9 Å². The first-order valence-electron chi connectivity index (χ1n) is 5.50. The molecular weight excluding hydrogens is 321 g/mol. The summed E-state index contributed by atoms with van der Waals surface area (Å²) in [4.78, 5) is 3.80. The van der Waals surface area contributed by atoms with Gasteiger partial charge in [0.1, 0.15) is 0 Å². The van der Waals surface area contributed by atoms with Crippen LogP contribution in [-0.4, -0.2) is 13.4 Å². The van der Waals surface area contributed by atoms with Gasteiger partial charge in [0, 0.05) is 16.9 Å². The molecule has 0 aliphatic carbocycles. The molecular formula is C12H11Cl2N3O2S. The summed E-state index contributed by atoms with van der Waals surface area (Å²) in [6.45, 7) is 1.60. The zero-order valence-electron chi connectivity index (χ0n) is 10.4. The molecule has 1 heterocycles. The van der Waals surface area contributed by atoms with Crippen molar-refractivity contribution in [2.75, 3.05) is 10.5 Å². The van der Waals surface area contributed by atoms with E-state index in [0.29, 0.717) is 11.3 Å². The molecule has 0 aliphatic rings. The minimum absolute atomic E-state index is 0.00224. The second-order valence-corrected chi connectivity index (χ2v) is 6.51. The van der Waals surface area contributed by atoms with E-state index in [1.165, 1.54) is 24.4 Å². The average molecular weight is 332 g/mol. The lowest BCUT2D eigenvalue weighted by Gasteiger charge is -2.12. The first-order valence-corrected chi connectivity index (χ1v) is 7.74. The Morgan fingerprint density at radius 2 is 2.00 bits per heavy atom. The Kier molecular flexibility index (Phi) is 4.08. The molecule has 0 fully saturated rings. The fourth-order valence-electron chi connectivity index (χ4n) is 1.62. The molecule has 0 unspecified atom stereocenters. The van der Waals surface area contributed by atoms with Crippen molar-refractivity contribution in [1.29, 1.82) is 0 Å². The number of anilines is 2. The van der Waals surface area contributed by atoms with E-state index in [1.54, 1.807) is 13.0 Å². The van der Waals surface area contributed by atoms with Gasteiger partial charge >= 0.3 is 0 Å². The minimum Gasteiger partial charge on any atom is -0.398 e. The molecule has 20 heavy (non-hydrogen) atoms. The third-order valence-corrected chi connectivity index (χ3v) is 4.67. The second kappa shape index (κ2) is 5.47. The standard InChI is InChI=1S/C12H11Cl2N3O2S/c1-7-9(15)5-8(13)6-11(7)20(18,19)17-10-3-2-4-16-12(10)14/h2-6,17H,15H2,1H3. The van der Waals surface area contributed by atoms with Crippen LogP contribution in [0.4, 0.5) is 11.4 Å². The van der Waals surface area contributed by atoms with Crippen LogP contribution in [0.25, 0.3) is 0 Å². The number of aromatic nitrogens is 1. The van der Waals surface area contributed by atoms with Crippen molar-refractivity contribution in [1.82, 2.24) is 4.98 Å². The molecule has 2 rings (SSSR count). The van der Waals surface area contributed by atoms with Gasteiger partial charge in [-0.3, -0.25) is 4.72 Å². The molecule has 1 aromatic heterocycles. The summed E-state index contributed by atoms with van der Waals surface area (Å²) >= 11 is 11.7. The van der Waals surface area contributed by atoms with Crippen LogP contribution in [0, 0.1) is 6.92 Å². The van der Waals surface area contributed by atoms with E-state index in [1.807, 2.05) is 0 Å². The van der Waals surface area contributed by atoms with Gasteiger partial charge < -0.3 is 5.73 Å². The molecule has 106 valence electrons. The van der Waals surface area contributed by atoms with Gasteiger partial charge in [0.05, 0.1) is 10.6 Å². The van der Waals surface area contributed by atoms with Gasteiger partial charge in [-0.15, -0.1) is 0 Å². The quantitative estimate of drug-likeness (QED) is 0.668. The summed E-state index contributed by atoms with van der Waals surface area (Å²) in [5, 5.41) is 0.300. The Morgan fingerprint density at radius 3 is 2.65 bits per heavy atom. The van der Waals surface area contributed by atoms with Crippen molar-refractivity contribution in [3.8, 4) is 0 Å². The first-order chi connectivity index (χ1) is 9.31. The maximum atomic E-state index is 12.4. The van der Waals surface area contributed by atoms with Gasteiger partial charge in [-0.1, -0.05) is 23.2 Å². The van der Waals surface area contributed by atoms with Crippen molar-refractivity contribution in [3.63, 3.8) is 0 Å². The molecule has 3 N–H and O–H groups in total. The predicted molar refractivity (Wildman–Crippen MR) is 80.7 cm³/mol. The number of sulfonamides is 1. The monoisotopic (exact) mass is 331 g/mol. The molecule has 0 spiro atoms. The predicted octanol–water partition coefficient (Wildman–Crippen LogP) is 3.08. The zero-order chi connectivity index (χ0) is 14.9. The SMILES string of the molecule is Cc1c(N)cc(Cl)cc1S(=O)(=O)Nc1cccnc1Cl. The van der Waals surface area contributed by atoms with Crippen molar-refractivity contribution in [3.05, 3.63) is 46.2 Å². The summed E-state index contributed by atoms with van der Waals surface area (Å²) in [6.07, 6.45) is 1.46. The number of nitrogens with zero attached hydrogens (tertiary/aromatic N) is 1. The number of nitrogens with one attached hydrogen (secondary N) is 1. The fraction of sp³-hybridized carbons (Fsp3) is 0.0833. The molecule has 0 saturated carbocycles. The van der Waals surface area contributed by atoms with E-state index >= 15 is 0 Å². The summed E-state index contributed by atoms with van der Waals surface area (Å²) < 4.78 is 27.1. The third kappa shape index (κ3) is 2.98. The second-order valence-electron chi connectivity index (χ2n) is 4.07. The Hall–Kier alpha value is -1.50. The number of pyridine rings is 1. The number of nitrogen functional groups attached to an aromatic ring is 1. The van der Waals surface area contributed by atoms with Crippen molar-refractivity contribution < 1.29 is 8.42 Å². The number of rotatable bonds is 3. The number of benzene rings is 1. The highest BCUT2D eigenvalue weighted by Gasteiger charge is 2.20. The Labute approximate surface area is 126 Å². The summed E-state index contributed by atoms with van der Waals surface area (Å²) in [7, 11) is -3.85. The van der Waals surface area contributed by atoms with Crippen molar-refractivity contribution in [2.24, 2.45) is 0 Å². The molecule has 0 aliphatic heterocycles. The van der Waals surface area contributed by atoms with Gasteiger partial charge in [-0.25, -0.2) is 13.4 Å². The van der Waals surface area contributed by atoms with Crippen LogP contribution in [0.3, 0.4) is 0 Å². The van der Waals surface area contributed by atoms with Gasteiger partial charge in [0.2, 0.25) is 0 Å². The topological polar surface area (TPSA) is 85.1 Å². The normalized spacial score (nSPS) is 11.3. The molecule has 8 heteroatoms. The van der Waals surface area contributed by atoms with E-state index in [2.05, 4.69) is 9.71 Å². The van der Waals surface area contributed by atoms with Gasteiger partial charge in [0.15, 0.2) is 5.15 Å². The summed E-state index contributed by atoms with van der Waals surface area (Å²) in [5.74, 6) is 0. The lowest BCUT2D eigenvalue weighted by atomic mass is 10.2. The van der Waals surface area contributed by atoms with Crippen LogP contribution in [-0.2, 0) is 10.0 Å². The molecule has 5 nitrogen and oxygen atoms in total. The van der Waals surface area contributed by atoms with Crippen LogP contribution >= 0.6 is 23.2 Å². The van der Waals surface area contributed by atoms with E-state index in [-0.39, 0.29) is 20.8 Å². The highest BCUT2D eigenvalue weighted by Crippen LogP contribution is 2.28. The Morgan fingerprint density at radius 1 is 1.30 bits per heavy atom. The molecule has 0 saturated heterocycles. The van der Waals surface area contributed by atoms with Crippen molar-refractivity contribution >= 4 is 44.6 Å². The maximum Gasteiger partial charge on any atom is 0.262 e. The highest BCUT2D eigenvalue weighted by atomic mass is 35.5. The van der Waals surface area contributed by atoms with Crippen LogP contribution in [0.1, 0.15) is 5.56 Å². The largest absolute Gasteiger partial charge is 0.398 e. The highest BCUT2D eigenvalue weighted by molar-refractivity contribution is 7.92. The van der Waals surface area contributed by atoms with Gasteiger partial charge in [0.25, 0.3) is 10.0 Å². The van der Waals surface area contributed by atoms with Gasteiger partial charge in [-0.05, 0) is 36.8 Å². The molecule has 1 aromatic carbocycles. The third-order valence-electron chi connectivity index (χ3n) is 2.66. The van der Waals surface area contributed by atoms with Crippen LogP contribution < -0.4 is 10.5 Å². The zero-order valence-corrected chi connectivity index (χ0v) is 12.7. The lowest BCUT2D eigenvalue weighted by molar-refractivity contribution is 0.600.